The van der Waals surface area contributed by atoms with E-state index in [-0.39, 0.29) is 11.5 Å². The molecule has 0 aliphatic carbocycles. The summed E-state index contributed by atoms with van der Waals surface area (Å²) in [6, 6.07) is 19.4. The highest BCUT2D eigenvalue weighted by atomic mass is 32.2. The van der Waals surface area contributed by atoms with Crippen LogP contribution in [0.15, 0.2) is 71.6 Å². The molecule has 0 saturated carbocycles. The predicted molar refractivity (Wildman–Crippen MR) is 132 cm³/mol. The van der Waals surface area contributed by atoms with Crippen molar-refractivity contribution >= 4 is 32.7 Å². The molecule has 0 atom stereocenters. The van der Waals surface area contributed by atoms with Crippen molar-refractivity contribution in [3.05, 3.63) is 72.3 Å². The molecule has 1 aromatic heterocycles. The maximum absolute atomic E-state index is 12.8. The second-order valence-electron chi connectivity index (χ2n) is 8.43. The van der Waals surface area contributed by atoms with Gasteiger partial charge in [0.2, 0.25) is 10.0 Å². The zero-order valence-corrected chi connectivity index (χ0v) is 20.0. The molecule has 0 bridgehead atoms. The molecule has 3 aromatic carbocycles. The van der Waals surface area contributed by atoms with Crippen molar-refractivity contribution < 1.29 is 17.9 Å². The van der Waals surface area contributed by atoms with E-state index in [2.05, 4.69) is 15.5 Å². The number of carbonyl (C=O) groups is 1. The van der Waals surface area contributed by atoms with Crippen LogP contribution in [-0.4, -0.2) is 53.3 Å². The molecule has 10 heteroatoms. The Bertz CT molecular complexity index is 1460. The molecule has 1 N–H and O–H groups in total. The number of hydrogen-bond donors (Lipinski definition) is 1. The van der Waals surface area contributed by atoms with Crippen molar-refractivity contribution in [2.75, 3.05) is 25.0 Å². The summed E-state index contributed by atoms with van der Waals surface area (Å²) in [5.74, 6) is 0.0437. The van der Waals surface area contributed by atoms with Gasteiger partial charge in [-0.25, -0.2) is 8.42 Å². The van der Waals surface area contributed by atoms with Crippen molar-refractivity contribution in [2.45, 2.75) is 24.7 Å². The fraction of sp³-hybridized carbons (Fsp3) is 0.240. The first-order valence-electron chi connectivity index (χ1n) is 11.4. The zero-order chi connectivity index (χ0) is 24.4. The number of aromatic nitrogens is 3. The van der Waals surface area contributed by atoms with E-state index in [1.54, 1.807) is 24.3 Å². The Balaban J connectivity index is 1.30. The van der Waals surface area contributed by atoms with Crippen molar-refractivity contribution in [3.63, 3.8) is 0 Å². The van der Waals surface area contributed by atoms with E-state index < -0.39 is 15.9 Å². The second-order valence-corrected chi connectivity index (χ2v) is 10.4. The molecule has 0 spiro atoms. The van der Waals surface area contributed by atoms with Gasteiger partial charge in [0.15, 0.2) is 6.61 Å². The van der Waals surface area contributed by atoms with E-state index in [0.29, 0.717) is 30.2 Å². The quantitative estimate of drug-likeness (QED) is 0.424. The van der Waals surface area contributed by atoms with Gasteiger partial charge in [0, 0.05) is 18.8 Å². The number of aryl methyl sites for hydroxylation is 1. The minimum Gasteiger partial charge on any atom is -0.481 e. The summed E-state index contributed by atoms with van der Waals surface area (Å²) in [5, 5.41) is 11.7. The molecule has 1 amide bonds. The van der Waals surface area contributed by atoms with Crippen LogP contribution in [0.1, 0.15) is 18.4 Å². The van der Waals surface area contributed by atoms with Gasteiger partial charge in [-0.2, -0.15) is 4.31 Å². The van der Waals surface area contributed by atoms with Crippen LogP contribution in [0.3, 0.4) is 0 Å². The number of nitrogens with one attached hydrogen (secondary N) is 1. The van der Waals surface area contributed by atoms with Crippen molar-refractivity contribution in [3.8, 4) is 11.4 Å². The maximum Gasteiger partial charge on any atom is 0.262 e. The first kappa shape index (κ1) is 23.0. The van der Waals surface area contributed by atoms with E-state index in [4.69, 9.17) is 4.74 Å². The molecule has 1 aliphatic heterocycles. The molecule has 0 unspecified atom stereocenters. The fourth-order valence-electron chi connectivity index (χ4n) is 4.03. The number of fused-ring (bicyclic) bond motifs is 1. The SMILES string of the molecule is Cc1ccc(OCC(=O)Nc2cccc(S(=O)(=O)N3CCCC3)c2)c(-n2nc3ccccc3n2)c1. The third kappa shape index (κ3) is 4.89. The Labute approximate surface area is 203 Å². The molecule has 35 heavy (non-hydrogen) atoms. The lowest BCUT2D eigenvalue weighted by atomic mass is 10.2. The van der Waals surface area contributed by atoms with Gasteiger partial charge in [-0.3, -0.25) is 4.79 Å². The smallest absolute Gasteiger partial charge is 0.262 e. The molecule has 0 radical (unpaired) electrons. The zero-order valence-electron chi connectivity index (χ0n) is 19.2. The van der Waals surface area contributed by atoms with Crippen LogP contribution in [0.2, 0.25) is 0 Å². The topological polar surface area (TPSA) is 106 Å². The Morgan fingerprint density at radius 2 is 1.69 bits per heavy atom. The maximum atomic E-state index is 12.8. The molecule has 2 heterocycles. The number of anilines is 1. The average molecular weight is 492 g/mol. The van der Waals surface area contributed by atoms with Crippen LogP contribution in [-0.2, 0) is 14.8 Å². The normalized spacial score (nSPS) is 14.3. The molecule has 1 saturated heterocycles. The van der Waals surface area contributed by atoms with Gasteiger partial charge in [-0.05, 0) is 67.8 Å². The van der Waals surface area contributed by atoms with Gasteiger partial charge >= 0.3 is 0 Å². The Hall–Kier alpha value is -3.76. The second kappa shape index (κ2) is 9.47. The number of sulfonamides is 1. The molecular formula is C25H25N5O4S. The molecule has 9 nitrogen and oxygen atoms in total. The summed E-state index contributed by atoms with van der Waals surface area (Å²) < 4.78 is 32.9. The molecule has 5 rings (SSSR count). The van der Waals surface area contributed by atoms with E-state index in [0.717, 1.165) is 29.4 Å². The van der Waals surface area contributed by atoms with Crippen molar-refractivity contribution in [1.29, 1.82) is 0 Å². The van der Waals surface area contributed by atoms with Gasteiger partial charge in [0.05, 0.1) is 4.90 Å². The lowest BCUT2D eigenvalue weighted by molar-refractivity contribution is -0.118. The summed E-state index contributed by atoms with van der Waals surface area (Å²) in [5.41, 5.74) is 3.51. The summed E-state index contributed by atoms with van der Waals surface area (Å²) in [7, 11) is -3.57. The van der Waals surface area contributed by atoms with Gasteiger partial charge in [-0.15, -0.1) is 15.0 Å². The van der Waals surface area contributed by atoms with Crippen LogP contribution in [0.4, 0.5) is 5.69 Å². The van der Waals surface area contributed by atoms with Gasteiger partial charge in [-0.1, -0.05) is 24.3 Å². The first-order valence-corrected chi connectivity index (χ1v) is 12.8. The highest BCUT2D eigenvalue weighted by Gasteiger charge is 2.27. The Morgan fingerprint density at radius 1 is 0.971 bits per heavy atom. The summed E-state index contributed by atoms with van der Waals surface area (Å²) in [4.78, 5) is 14.3. The number of amides is 1. The molecule has 1 aliphatic rings. The minimum atomic E-state index is -3.57. The van der Waals surface area contributed by atoms with Crippen LogP contribution in [0.25, 0.3) is 16.7 Å². The predicted octanol–water partition coefficient (Wildman–Crippen LogP) is 3.53. The summed E-state index contributed by atoms with van der Waals surface area (Å²) in [6.07, 6.45) is 1.72. The lowest BCUT2D eigenvalue weighted by Gasteiger charge is -2.16. The van der Waals surface area contributed by atoms with Crippen LogP contribution < -0.4 is 10.1 Å². The van der Waals surface area contributed by atoms with Gasteiger partial charge < -0.3 is 10.1 Å². The van der Waals surface area contributed by atoms with E-state index >= 15 is 0 Å². The minimum absolute atomic E-state index is 0.163. The summed E-state index contributed by atoms with van der Waals surface area (Å²) in [6.45, 7) is 2.73. The third-order valence-corrected chi connectivity index (χ3v) is 7.69. The molecule has 4 aromatic rings. The Kier molecular flexibility index (Phi) is 6.23. The van der Waals surface area contributed by atoms with E-state index in [1.807, 2.05) is 43.3 Å². The van der Waals surface area contributed by atoms with E-state index in [1.165, 1.54) is 15.2 Å². The number of hydrogen-bond acceptors (Lipinski definition) is 6. The van der Waals surface area contributed by atoms with Gasteiger partial charge in [0.25, 0.3) is 5.91 Å². The van der Waals surface area contributed by atoms with E-state index in [9.17, 15) is 13.2 Å². The third-order valence-electron chi connectivity index (χ3n) is 5.80. The highest BCUT2D eigenvalue weighted by molar-refractivity contribution is 7.89. The number of benzene rings is 3. The van der Waals surface area contributed by atoms with Crippen LogP contribution in [0, 0.1) is 6.92 Å². The number of rotatable bonds is 7. The lowest BCUT2D eigenvalue weighted by Crippen LogP contribution is -2.28. The molecule has 180 valence electrons. The highest BCUT2D eigenvalue weighted by Crippen LogP contribution is 2.25. The monoisotopic (exact) mass is 491 g/mol. The summed E-state index contributed by atoms with van der Waals surface area (Å²) >= 11 is 0. The number of nitrogens with zero attached hydrogens (tertiary/aromatic N) is 4. The molecule has 1 fully saturated rings. The van der Waals surface area contributed by atoms with Crippen LogP contribution >= 0.6 is 0 Å². The first-order chi connectivity index (χ1) is 16.9. The van der Waals surface area contributed by atoms with Crippen molar-refractivity contribution in [1.82, 2.24) is 19.3 Å². The standard InChI is InChI=1S/C25H25N5O4S/c1-18-11-12-24(23(15-18)30-27-21-9-2-3-10-22(21)28-30)34-17-25(31)26-19-7-6-8-20(16-19)35(32,33)29-13-4-5-14-29/h2-3,6-12,15-16H,4-5,13-14,17H2,1H3,(H,26,31). The molecular weight excluding hydrogens is 466 g/mol. The fourth-order valence-corrected chi connectivity index (χ4v) is 5.59. The number of carbonyl (C=O) groups excluding carboxylic acids is 1. The van der Waals surface area contributed by atoms with Crippen LogP contribution in [0.5, 0.6) is 5.75 Å². The largest absolute Gasteiger partial charge is 0.481 e. The van der Waals surface area contributed by atoms with Crippen molar-refractivity contribution in [2.24, 2.45) is 0 Å². The Morgan fingerprint density at radius 3 is 2.40 bits per heavy atom. The average Bonchev–Trinajstić information content (AvgIpc) is 3.54. The number of ether oxygens (including phenoxy) is 1. The van der Waals surface area contributed by atoms with Gasteiger partial charge in [0.1, 0.15) is 22.5 Å².